The van der Waals surface area contributed by atoms with E-state index in [1.54, 1.807) is 25.3 Å². The summed E-state index contributed by atoms with van der Waals surface area (Å²) in [6, 6.07) is 7.42. The standard InChI is InChI=1S/C23H23BrFNO5/c1-26-8-7-12(15(26)11-27)20-18(29-2)10-19(30-3)21-16(28)9-17(31-23(20)21)13-5-4-6-14(25)22(13)24/h4-6,9-10,12,15,27H,7-8,11H2,1-3H3/t12-,15+/m0/s1. The molecule has 3 aromatic rings. The molecule has 1 N–H and O–H groups in total. The van der Waals surface area contributed by atoms with Crippen LogP contribution in [0, 0.1) is 5.82 Å². The highest BCUT2D eigenvalue weighted by Gasteiger charge is 2.37. The Hall–Kier alpha value is -2.42. The van der Waals surface area contributed by atoms with Crippen molar-refractivity contribution in [1.29, 1.82) is 0 Å². The molecule has 2 aromatic carbocycles. The molecule has 8 heteroatoms. The molecule has 1 aliphatic heterocycles. The van der Waals surface area contributed by atoms with Gasteiger partial charge in [-0.3, -0.25) is 4.79 Å². The molecule has 1 aromatic heterocycles. The monoisotopic (exact) mass is 491 g/mol. The molecular weight excluding hydrogens is 469 g/mol. The number of hydrogen-bond acceptors (Lipinski definition) is 6. The van der Waals surface area contributed by atoms with E-state index in [1.807, 2.05) is 7.05 Å². The van der Waals surface area contributed by atoms with Crippen LogP contribution in [-0.4, -0.2) is 50.5 Å². The van der Waals surface area contributed by atoms with Gasteiger partial charge in [0.05, 0.1) is 25.3 Å². The normalized spacial score (nSPS) is 19.2. The predicted octanol–water partition coefficient (Wildman–Crippen LogP) is 4.16. The molecule has 1 aliphatic rings. The first kappa shape index (κ1) is 21.8. The van der Waals surface area contributed by atoms with Crippen molar-refractivity contribution in [2.45, 2.75) is 18.4 Å². The van der Waals surface area contributed by atoms with Gasteiger partial charge in [-0.25, -0.2) is 4.39 Å². The summed E-state index contributed by atoms with van der Waals surface area (Å²) in [5, 5.41) is 10.3. The maximum Gasteiger partial charge on any atom is 0.197 e. The maximum atomic E-state index is 14.1. The third-order valence-corrected chi connectivity index (χ3v) is 6.81. The number of likely N-dealkylation sites (tertiary alicyclic amines) is 1. The van der Waals surface area contributed by atoms with Crippen LogP contribution in [0.5, 0.6) is 11.5 Å². The molecule has 31 heavy (non-hydrogen) atoms. The van der Waals surface area contributed by atoms with Gasteiger partial charge in [0.2, 0.25) is 0 Å². The molecule has 6 nitrogen and oxygen atoms in total. The van der Waals surface area contributed by atoms with E-state index in [2.05, 4.69) is 20.8 Å². The maximum absolute atomic E-state index is 14.1. The van der Waals surface area contributed by atoms with E-state index in [4.69, 9.17) is 13.9 Å². The molecule has 1 saturated heterocycles. The number of rotatable bonds is 5. The first-order valence-corrected chi connectivity index (χ1v) is 10.7. The van der Waals surface area contributed by atoms with Crippen molar-refractivity contribution in [3.05, 3.63) is 56.4 Å². The molecule has 0 aliphatic carbocycles. The van der Waals surface area contributed by atoms with Crippen LogP contribution in [0.25, 0.3) is 22.3 Å². The Bertz CT molecular complexity index is 1190. The third-order valence-electron chi connectivity index (χ3n) is 6.00. The molecule has 0 spiro atoms. The summed E-state index contributed by atoms with van der Waals surface area (Å²) in [4.78, 5) is 15.3. The lowest BCUT2D eigenvalue weighted by molar-refractivity contribution is 0.171. The Morgan fingerprint density at radius 2 is 2.00 bits per heavy atom. The number of benzene rings is 2. The van der Waals surface area contributed by atoms with E-state index < -0.39 is 5.82 Å². The summed E-state index contributed by atoms with van der Waals surface area (Å²) >= 11 is 3.25. The van der Waals surface area contributed by atoms with Crippen molar-refractivity contribution in [3.8, 4) is 22.8 Å². The van der Waals surface area contributed by atoms with Crippen LogP contribution in [0.15, 0.2) is 44.0 Å². The van der Waals surface area contributed by atoms with Crippen molar-refractivity contribution >= 4 is 26.9 Å². The molecule has 0 saturated carbocycles. The van der Waals surface area contributed by atoms with Crippen LogP contribution < -0.4 is 14.9 Å². The van der Waals surface area contributed by atoms with Crippen LogP contribution in [-0.2, 0) is 0 Å². The minimum absolute atomic E-state index is 0.0444. The van der Waals surface area contributed by atoms with E-state index >= 15 is 0 Å². The van der Waals surface area contributed by atoms with E-state index in [0.717, 1.165) is 13.0 Å². The van der Waals surface area contributed by atoms with Crippen LogP contribution >= 0.6 is 15.9 Å². The van der Waals surface area contributed by atoms with Crippen molar-refractivity contribution < 1.29 is 23.4 Å². The SMILES string of the molecule is COc1cc(OC)c2c(=O)cc(-c3cccc(F)c3Br)oc2c1[C@H]1CCN(C)[C@@H]1CO. The first-order valence-electron chi connectivity index (χ1n) is 9.89. The smallest absolute Gasteiger partial charge is 0.197 e. The lowest BCUT2D eigenvalue weighted by atomic mass is 9.89. The second-order valence-corrected chi connectivity index (χ2v) is 8.39. The van der Waals surface area contributed by atoms with E-state index in [9.17, 15) is 14.3 Å². The second kappa shape index (κ2) is 8.61. The predicted molar refractivity (Wildman–Crippen MR) is 120 cm³/mol. The first-order chi connectivity index (χ1) is 14.9. The van der Waals surface area contributed by atoms with Gasteiger partial charge in [-0.1, -0.05) is 6.07 Å². The minimum Gasteiger partial charge on any atom is -0.496 e. The number of fused-ring (bicyclic) bond motifs is 1. The Balaban J connectivity index is 2.07. The largest absolute Gasteiger partial charge is 0.496 e. The molecule has 0 amide bonds. The van der Waals surface area contributed by atoms with Gasteiger partial charge in [-0.15, -0.1) is 0 Å². The zero-order chi connectivity index (χ0) is 22.3. The fourth-order valence-electron chi connectivity index (χ4n) is 4.42. The van der Waals surface area contributed by atoms with Crippen molar-refractivity contribution in [3.63, 3.8) is 0 Å². The lowest BCUT2D eigenvalue weighted by Crippen LogP contribution is -2.32. The summed E-state index contributed by atoms with van der Waals surface area (Å²) in [6.07, 6.45) is 0.761. The molecule has 0 radical (unpaired) electrons. The number of methoxy groups -OCH3 is 2. The summed E-state index contributed by atoms with van der Waals surface area (Å²) in [6.45, 7) is 0.739. The van der Waals surface area contributed by atoms with Gasteiger partial charge in [-0.2, -0.15) is 0 Å². The zero-order valence-corrected chi connectivity index (χ0v) is 19.0. The summed E-state index contributed by atoms with van der Waals surface area (Å²) < 4.78 is 31.7. The van der Waals surface area contributed by atoms with E-state index in [1.165, 1.54) is 19.2 Å². The molecule has 1 fully saturated rings. The number of aliphatic hydroxyl groups is 1. The van der Waals surface area contributed by atoms with Gasteiger partial charge in [0, 0.05) is 35.2 Å². The van der Waals surface area contributed by atoms with Crippen molar-refractivity contribution in [2.75, 3.05) is 34.4 Å². The second-order valence-electron chi connectivity index (χ2n) is 7.60. The third kappa shape index (κ3) is 3.62. The van der Waals surface area contributed by atoms with Gasteiger partial charge in [0.1, 0.15) is 34.0 Å². The van der Waals surface area contributed by atoms with Gasteiger partial charge < -0.3 is 23.9 Å². The highest BCUT2D eigenvalue weighted by Crippen LogP contribution is 2.45. The van der Waals surface area contributed by atoms with Crippen LogP contribution in [0.3, 0.4) is 0 Å². The molecule has 0 bridgehead atoms. The summed E-state index contributed by atoms with van der Waals surface area (Å²) in [7, 11) is 4.97. The van der Waals surface area contributed by atoms with Crippen molar-refractivity contribution in [2.24, 2.45) is 0 Å². The lowest BCUT2D eigenvalue weighted by Gasteiger charge is -2.25. The topological polar surface area (TPSA) is 72.1 Å². The van der Waals surface area contributed by atoms with Crippen molar-refractivity contribution in [1.82, 2.24) is 4.90 Å². The van der Waals surface area contributed by atoms with Gasteiger partial charge in [-0.05, 0) is 48.1 Å². The Labute approximate surface area is 187 Å². The number of likely N-dealkylation sites (N-methyl/N-ethyl adjacent to an activating group) is 1. The highest BCUT2D eigenvalue weighted by atomic mass is 79.9. The fraction of sp³-hybridized carbons (Fsp3) is 0.348. The van der Waals surface area contributed by atoms with Gasteiger partial charge in [0.15, 0.2) is 5.43 Å². The number of hydrogen-bond donors (Lipinski definition) is 1. The number of ether oxygens (including phenoxy) is 2. The average molecular weight is 492 g/mol. The average Bonchev–Trinajstić information content (AvgIpc) is 3.13. The number of halogens is 2. The quantitative estimate of drug-likeness (QED) is 0.577. The van der Waals surface area contributed by atoms with Gasteiger partial charge in [0.25, 0.3) is 0 Å². The Kier molecular flexibility index (Phi) is 6.05. The molecule has 4 rings (SSSR count). The number of nitrogens with zero attached hydrogens (tertiary/aromatic N) is 1. The van der Waals surface area contributed by atoms with E-state index in [0.29, 0.717) is 33.6 Å². The Morgan fingerprint density at radius 1 is 1.26 bits per heavy atom. The molecule has 2 heterocycles. The van der Waals surface area contributed by atoms with Crippen LogP contribution in [0.2, 0.25) is 0 Å². The molecular formula is C23H23BrFNO5. The molecule has 164 valence electrons. The summed E-state index contributed by atoms with van der Waals surface area (Å²) in [5.74, 6) is 0.504. The van der Waals surface area contributed by atoms with Crippen LogP contribution in [0.1, 0.15) is 17.9 Å². The fourth-order valence-corrected chi connectivity index (χ4v) is 4.88. The molecule has 0 unspecified atom stereocenters. The zero-order valence-electron chi connectivity index (χ0n) is 17.4. The van der Waals surface area contributed by atoms with Crippen LogP contribution in [0.4, 0.5) is 4.39 Å². The highest BCUT2D eigenvalue weighted by molar-refractivity contribution is 9.10. The summed E-state index contributed by atoms with van der Waals surface area (Å²) in [5.41, 5.74) is 1.15. The Morgan fingerprint density at radius 3 is 2.68 bits per heavy atom. The number of aliphatic hydroxyl groups excluding tert-OH is 1. The minimum atomic E-state index is -0.457. The molecule has 2 atom stereocenters. The van der Waals surface area contributed by atoms with Gasteiger partial charge >= 0.3 is 0 Å². The van der Waals surface area contributed by atoms with E-state index in [-0.39, 0.29) is 34.2 Å².